The summed E-state index contributed by atoms with van der Waals surface area (Å²) in [5, 5.41) is 12.7. The maximum Gasteiger partial charge on any atom is 0.262 e. The molecule has 3 rings (SSSR count). The first-order valence-electron chi connectivity index (χ1n) is 9.91. The summed E-state index contributed by atoms with van der Waals surface area (Å²) in [4.78, 5) is 0. The summed E-state index contributed by atoms with van der Waals surface area (Å²) in [5.41, 5.74) is 0.797. The molecule has 1 unspecified atom stereocenters. The first-order chi connectivity index (χ1) is 13.9. The van der Waals surface area contributed by atoms with Gasteiger partial charge in [0.1, 0.15) is 6.10 Å². The van der Waals surface area contributed by atoms with Gasteiger partial charge < -0.3 is 9.53 Å². The monoisotopic (exact) mass is 400 g/mol. The molecule has 0 aliphatic rings. The van der Waals surface area contributed by atoms with Gasteiger partial charge in [-0.05, 0) is 21.0 Å². The molecule has 0 spiro atoms. The van der Waals surface area contributed by atoms with Crippen LogP contribution in [-0.4, -0.2) is 20.0 Å². The van der Waals surface area contributed by atoms with Crippen LogP contribution >= 0.6 is 0 Å². The van der Waals surface area contributed by atoms with Crippen LogP contribution in [0, 0.1) is 11.8 Å². The molecule has 3 heteroatoms. The number of aliphatic hydroxyl groups is 1. The summed E-state index contributed by atoms with van der Waals surface area (Å²) in [7, 11) is -2.58. The topological polar surface area (TPSA) is 29.5 Å². The van der Waals surface area contributed by atoms with E-state index in [0.29, 0.717) is 0 Å². The van der Waals surface area contributed by atoms with Crippen molar-refractivity contribution < 1.29 is 9.53 Å². The summed E-state index contributed by atoms with van der Waals surface area (Å²) in [6.45, 7) is 7.00. The van der Waals surface area contributed by atoms with Crippen molar-refractivity contribution in [1.29, 1.82) is 0 Å². The van der Waals surface area contributed by atoms with Crippen molar-refractivity contribution in [2.45, 2.75) is 31.9 Å². The highest BCUT2D eigenvalue weighted by Gasteiger charge is 2.49. The van der Waals surface area contributed by atoms with Gasteiger partial charge >= 0.3 is 0 Å². The minimum Gasteiger partial charge on any atom is -0.396 e. The number of benzene rings is 3. The molecule has 0 heterocycles. The third kappa shape index (κ3) is 4.68. The van der Waals surface area contributed by atoms with Gasteiger partial charge in [-0.15, -0.1) is 0 Å². The summed E-state index contributed by atoms with van der Waals surface area (Å²) in [6, 6.07) is 30.5. The minimum absolute atomic E-state index is 0.0879. The fraction of sp³-hybridized carbons (Fsp3) is 0.231. The summed E-state index contributed by atoms with van der Waals surface area (Å²) in [6.07, 6.45) is -0.807. The van der Waals surface area contributed by atoms with Crippen molar-refractivity contribution in [2.24, 2.45) is 0 Å². The molecule has 0 radical (unpaired) electrons. The Labute approximate surface area is 175 Å². The number of rotatable bonds is 5. The lowest BCUT2D eigenvalue weighted by molar-refractivity contribution is 0.238. The van der Waals surface area contributed by atoms with E-state index in [1.165, 1.54) is 10.4 Å². The second kappa shape index (κ2) is 9.24. The molecular formula is C26H28O2Si. The Morgan fingerprint density at radius 2 is 1.24 bits per heavy atom. The van der Waals surface area contributed by atoms with Gasteiger partial charge in [0.2, 0.25) is 0 Å². The second-order valence-corrected chi connectivity index (χ2v) is 12.4. The molecule has 148 valence electrons. The molecule has 0 fully saturated rings. The van der Waals surface area contributed by atoms with Crippen molar-refractivity contribution in [3.05, 3.63) is 96.6 Å². The standard InChI is InChI=1S/C26H28O2Si/c1-26(2,3)29(23-16-9-5-10-17-23,24-18-11-6-12-19-24)28-21-13-20-25(27)22-14-7-4-8-15-22/h4-12,14-19,25,27H,21H2,1-3H3. The summed E-state index contributed by atoms with van der Waals surface area (Å²) in [5.74, 6) is 5.99. The predicted octanol–water partition coefficient (Wildman–Crippen LogP) is 4.30. The highest BCUT2D eigenvalue weighted by molar-refractivity contribution is 6.99. The number of aliphatic hydroxyl groups excluding tert-OH is 1. The van der Waals surface area contributed by atoms with Gasteiger partial charge in [0.25, 0.3) is 8.32 Å². The van der Waals surface area contributed by atoms with Gasteiger partial charge in [-0.2, -0.15) is 0 Å². The fourth-order valence-electron chi connectivity index (χ4n) is 3.76. The molecule has 0 bridgehead atoms. The van der Waals surface area contributed by atoms with Gasteiger partial charge in [-0.3, -0.25) is 0 Å². The highest BCUT2D eigenvalue weighted by atomic mass is 28.4. The van der Waals surface area contributed by atoms with E-state index in [1.54, 1.807) is 0 Å². The zero-order valence-electron chi connectivity index (χ0n) is 17.3. The zero-order valence-corrected chi connectivity index (χ0v) is 18.3. The average molecular weight is 401 g/mol. The molecule has 0 saturated carbocycles. The van der Waals surface area contributed by atoms with Gasteiger partial charge in [0.05, 0.1) is 6.61 Å². The van der Waals surface area contributed by atoms with Crippen LogP contribution in [0.1, 0.15) is 32.4 Å². The molecule has 0 aliphatic carbocycles. The maximum atomic E-state index is 10.3. The largest absolute Gasteiger partial charge is 0.396 e. The van der Waals surface area contributed by atoms with E-state index in [4.69, 9.17) is 4.43 Å². The van der Waals surface area contributed by atoms with Crippen molar-refractivity contribution in [3.63, 3.8) is 0 Å². The highest BCUT2D eigenvalue weighted by Crippen LogP contribution is 2.36. The van der Waals surface area contributed by atoms with Gasteiger partial charge in [-0.1, -0.05) is 124 Å². The quantitative estimate of drug-likeness (QED) is 0.511. The van der Waals surface area contributed by atoms with Crippen molar-refractivity contribution >= 4 is 18.7 Å². The number of hydrogen-bond donors (Lipinski definition) is 1. The Bertz CT molecular complexity index is 912. The molecule has 0 amide bonds. The van der Waals surface area contributed by atoms with E-state index in [-0.39, 0.29) is 11.6 Å². The molecule has 0 saturated heterocycles. The predicted molar refractivity (Wildman–Crippen MR) is 123 cm³/mol. The van der Waals surface area contributed by atoms with Crippen LogP contribution in [0.15, 0.2) is 91.0 Å². The first kappa shape index (κ1) is 21.1. The van der Waals surface area contributed by atoms with E-state index in [1.807, 2.05) is 42.5 Å². The van der Waals surface area contributed by atoms with Gasteiger partial charge in [0.15, 0.2) is 0 Å². The van der Waals surface area contributed by atoms with E-state index in [2.05, 4.69) is 81.1 Å². The first-order valence-corrected chi connectivity index (χ1v) is 11.8. The average Bonchev–Trinajstić information content (AvgIpc) is 2.74. The lowest BCUT2D eigenvalue weighted by Gasteiger charge is -2.42. The van der Waals surface area contributed by atoms with E-state index < -0.39 is 14.4 Å². The Kier molecular flexibility index (Phi) is 6.71. The zero-order chi connectivity index (χ0) is 20.7. The molecule has 3 aromatic rings. The van der Waals surface area contributed by atoms with Crippen LogP contribution in [0.25, 0.3) is 0 Å². The molecule has 0 aromatic heterocycles. The van der Waals surface area contributed by atoms with Crippen LogP contribution in [0.4, 0.5) is 0 Å². The Morgan fingerprint density at radius 3 is 1.69 bits per heavy atom. The van der Waals surface area contributed by atoms with Crippen LogP contribution < -0.4 is 10.4 Å². The maximum absolute atomic E-state index is 10.3. The molecule has 1 atom stereocenters. The Hall–Kier alpha value is -2.64. The lowest BCUT2D eigenvalue weighted by Crippen LogP contribution is -2.66. The molecule has 0 aliphatic heterocycles. The second-order valence-electron chi connectivity index (χ2n) is 8.09. The van der Waals surface area contributed by atoms with Crippen molar-refractivity contribution in [1.82, 2.24) is 0 Å². The Balaban J connectivity index is 1.94. The molecule has 29 heavy (non-hydrogen) atoms. The SMILES string of the molecule is CC(C)(C)[Si](OCC#CC(O)c1ccccc1)(c1ccccc1)c1ccccc1. The summed E-state index contributed by atoms with van der Waals surface area (Å²) >= 11 is 0. The third-order valence-corrected chi connectivity index (χ3v) is 10.1. The van der Waals surface area contributed by atoms with E-state index >= 15 is 0 Å². The molecule has 3 aromatic carbocycles. The molecular weight excluding hydrogens is 372 g/mol. The van der Waals surface area contributed by atoms with E-state index in [0.717, 1.165) is 5.56 Å². The van der Waals surface area contributed by atoms with Crippen LogP contribution in [0.3, 0.4) is 0 Å². The summed E-state index contributed by atoms with van der Waals surface area (Å²) < 4.78 is 6.71. The number of hydrogen-bond acceptors (Lipinski definition) is 2. The third-order valence-electron chi connectivity index (χ3n) is 5.13. The van der Waals surface area contributed by atoms with Crippen LogP contribution in [0.5, 0.6) is 0 Å². The normalized spacial score (nSPS) is 12.7. The lowest BCUT2D eigenvalue weighted by atomic mass is 10.1. The molecule has 1 N–H and O–H groups in total. The van der Waals surface area contributed by atoms with Gasteiger partial charge in [0, 0.05) is 0 Å². The van der Waals surface area contributed by atoms with Crippen LogP contribution in [0.2, 0.25) is 5.04 Å². The smallest absolute Gasteiger partial charge is 0.262 e. The fourth-order valence-corrected chi connectivity index (χ4v) is 8.21. The van der Waals surface area contributed by atoms with Gasteiger partial charge in [-0.25, -0.2) is 0 Å². The van der Waals surface area contributed by atoms with Crippen LogP contribution in [-0.2, 0) is 4.43 Å². The van der Waals surface area contributed by atoms with Crippen molar-refractivity contribution in [2.75, 3.05) is 6.61 Å². The minimum atomic E-state index is -2.58. The Morgan fingerprint density at radius 1 is 0.793 bits per heavy atom. The molecule has 2 nitrogen and oxygen atoms in total. The van der Waals surface area contributed by atoms with Crippen molar-refractivity contribution in [3.8, 4) is 11.8 Å². The van der Waals surface area contributed by atoms with E-state index in [9.17, 15) is 5.11 Å².